The van der Waals surface area contributed by atoms with Crippen molar-refractivity contribution in [3.63, 3.8) is 0 Å². The minimum Gasteiger partial charge on any atom is -0.465 e. The Morgan fingerprint density at radius 1 is 1.29 bits per heavy atom. The van der Waals surface area contributed by atoms with E-state index in [0.29, 0.717) is 13.2 Å². The van der Waals surface area contributed by atoms with Gasteiger partial charge in [-0.05, 0) is 20.3 Å². The Morgan fingerprint density at radius 3 is 2.43 bits per heavy atom. The van der Waals surface area contributed by atoms with Crippen molar-refractivity contribution < 1.29 is 9.53 Å². The predicted molar refractivity (Wildman–Crippen MR) is 57.9 cm³/mol. The molecular formula is C11H23NO2. The summed E-state index contributed by atoms with van der Waals surface area (Å²) in [5.41, 5.74) is 4.92. The summed E-state index contributed by atoms with van der Waals surface area (Å²) in [6.07, 6.45) is 4.49. The van der Waals surface area contributed by atoms with Gasteiger partial charge in [-0.2, -0.15) is 0 Å². The van der Waals surface area contributed by atoms with Crippen LogP contribution in [0.15, 0.2) is 0 Å². The molecule has 3 nitrogen and oxygen atoms in total. The second-order valence-corrected chi connectivity index (χ2v) is 4.28. The van der Waals surface area contributed by atoms with Crippen LogP contribution in [0.5, 0.6) is 0 Å². The van der Waals surface area contributed by atoms with Crippen LogP contribution >= 0.6 is 0 Å². The molecule has 0 fully saturated rings. The molecule has 0 aromatic rings. The third kappa shape index (κ3) is 5.22. The highest BCUT2D eigenvalue weighted by Crippen LogP contribution is 2.15. The van der Waals surface area contributed by atoms with E-state index < -0.39 is 5.41 Å². The Hall–Kier alpha value is -0.570. The molecule has 0 saturated carbocycles. The average Bonchev–Trinajstić information content (AvgIpc) is 2.17. The number of unbranched alkanes of at least 4 members (excludes halogenated alkanes) is 3. The number of carbonyl (C=O) groups excluding carboxylic acids is 1. The first-order valence-corrected chi connectivity index (χ1v) is 5.42. The molecule has 0 saturated heterocycles. The maximum atomic E-state index is 11.4. The molecule has 0 aromatic heterocycles. The first-order chi connectivity index (χ1) is 6.54. The molecule has 2 N–H and O–H groups in total. The van der Waals surface area contributed by atoms with Crippen molar-refractivity contribution in [2.75, 3.05) is 13.2 Å². The number of esters is 1. The molecule has 0 aliphatic heterocycles. The summed E-state index contributed by atoms with van der Waals surface area (Å²) in [5.74, 6) is -0.184. The Kier molecular flexibility index (Phi) is 6.54. The number of nitrogens with two attached hydrogens (primary N) is 1. The maximum Gasteiger partial charge on any atom is 0.312 e. The molecule has 0 atom stereocenters. The van der Waals surface area contributed by atoms with Crippen LogP contribution in [0.2, 0.25) is 0 Å². The first-order valence-electron chi connectivity index (χ1n) is 5.42. The van der Waals surface area contributed by atoms with Gasteiger partial charge in [-0.15, -0.1) is 0 Å². The third-order valence-corrected chi connectivity index (χ3v) is 2.29. The van der Waals surface area contributed by atoms with E-state index in [0.717, 1.165) is 12.8 Å². The first kappa shape index (κ1) is 13.4. The lowest BCUT2D eigenvalue weighted by atomic mass is 9.94. The molecule has 0 unspecified atom stereocenters. The lowest BCUT2D eigenvalue weighted by Crippen LogP contribution is -2.34. The second kappa shape index (κ2) is 6.82. The average molecular weight is 201 g/mol. The largest absolute Gasteiger partial charge is 0.465 e. The summed E-state index contributed by atoms with van der Waals surface area (Å²) in [6.45, 7) is 6.63. The smallest absolute Gasteiger partial charge is 0.312 e. The van der Waals surface area contributed by atoms with E-state index in [1.165, 1.54) is 12.8 Å². The molecule has 0 aliphatic carbocycles. The molecule has 3 heteroatoms. The molecule has 0 aromatic carbocycles. The summed E-state index contributed by atoms with van der Waals surface area (Å²) in [4.78, 5) is 11.4. The van der Waals surface area contributed by atoms with Crippen LogP contribution in [0.25, 0.3) is 0 Å². The van der Waals surface area contributed by atoms with Crippen molar-refractivity contribution in [2.45, 2.75) is 46.5 Å². The summed E-state index contributed by atoms with van der Waals surface area (Å²) >= 11 is 0. The molecule has 0 bridgehead atoms. The van der Waals surface area contributed by atoms with Gasteiger partial charge in [-0.3, -0.25) is 4.79 Å². The topological polar surface area (TPSA) is 52.3 Å². The van der Waals surface area contributed by atoms with Crippen molar-refractivity contribution in [3.8, 4) is 0 Å². The van der Waals surface area contributed by atoms with E-state index in [2.05, 4.69) is 6.92 Å². The molecule has 0 heterocycles. The van der Waals surface area contributed by atoms with Crippen LogP contribution in [-0.4, -0.2) is 19.1 Å². The highest BCUT2D eigenvalue weighted by molar-refractivity contribution is 5.76. The van der Waals surface area contributed by atoms with Crippen LogP contribution in [0, 0.1) is 5.41 Å². The summed E-state index contributed by atoms with van der Waals surface area (Å²) in [7, 11) is 0. The van der Waals surface area contributed by atoms with Gasteiger partial charge in [0, 0.05) is 6.54 Å². The third-order valence-electron chi connectivity index (χ3n) is 2.29. The fourth-order valence-electron chi connectivity index (χ4n) is 0.972. The second-order valence-electron chi connectivity index (χ2n) is 4.28. The number of rotatable bonds is 7. The number of carbonyl (C=O) groups is 1. The van der Waals surface area contributed by atoms with E-state index in [1.807, 2.05) is 0 Å². The van der Waals surface area contributed by atoms with Crippen LogP contribution < -0.4 is 5.73 Å². The minimum atomic E-state index is -0.537. The van der Waals surface area contributed by atoms with Gasteiger partial charge in [0.25, 0.3) is 0 Å². The molecule has 0 rings (SSSR count). The van der Waals surface area contributed by atoms with Gasteiger partial charge in [0.15, 0.2) is 0 Å². The minimum absolute atomic E-state index is 0.184. The number of hydrogen-bond donors (Lipinski definition) is 1. The van der Waals surface area contributed by atoms with Crippen LogP contribution in [0.4, 0.5) is 0 Å². The lowest BCUT2D eigenvalue weighted by Gasteiger charge is -2.19. The zero-order valence-electron chi connectivity index (χ0n) is 9.64. The highest BCUT2D eigenvalue weighted by atomic mass is 16.5. The van der Waals surface area contributed by atoms with Crippen LogP contribution in [0.3, 0.4) is 0 Å². The van der Waals surface area contributed by atoms with Crippen molar-refractivity contribution in [3.05, 3.63) is 0 Å². The molecule has 84 valence electrons. The SMILES string of the molecule is CCCCCCOC(=O)C(C)(C)CN. The van der Waals surface area contributed by atoms with E-state index >= 15 is 0 Å². The molecule has 0 amide bonds. The fraction of sp³-hybridized carbons (Fsp3) is 0.909. The normalized spacial score (nSPS) is 11.4. The predicted octanol–water partition coefficient (Wildman–Crippen LogP) is 2.09. The Bertz CT molecular complexity index is 167. The van der Waals surface area contributed by atoms with Gasteiger partial charge in [0.2, 0.25) is 0 Å². The van der Waals surface area contributed by atoms with Crippen molar-refractivity contribution in [2.24, 2.45) is 11.1 Å². The zero-order chi connectivity index (χ0) is 11.0. The van der Waals surface area contributed by atoms with E-state index in [1.54, 1.807) is 13.8 Å². The Morgan fingerprint density at radius 2 is 1.93 bits per heavy atom. The molecule has 14 heavy (non-hydrogen) atoms. The zero-order valence-corrected chi connectivity index (χ0v) is 9.64. The summed E-state index contributed by atoms with van der Waals surface area (Å²) in [5, 5.41) is 0. The maximum absolute atomic E-state index is 11.4. The monoisotopic (exact) mass is 201 g/mol. The molecular weight excluding hydrogens is 178 g/mol. The van der Waals surface area contributed by atoms with Crippen molar-refractivity contribution >= 4 is 5.97 Å². The standard InChI is InChI=1S/C11H23NO2/c1-4-5-6-7-8-14-10(13)11(2,3)9-12/h4-9,12H2,1-3H3. The lowest BCUT2D eigenvalue weighted by molar-refractivity contribution is -0.153. The Balaban J connectivity index is 3.54. The Labute approximate surface area is 87.0 Å². The van der Waals surface area contributed by atoms with Crippen LogP contribution in [-0.2, 0) is 9.53 Å². The number of hydrogen-bond acceptors (Lipinski definition) is 3. The molecule has 0 aliphatic rings. The van der Waals surface area contributed by atoms with Gasteiger partial charge in [0.1, 0.15) is 0 Å². The van der Waals surface area contributed by atoms with Crippen LogP contribution in [0.1, 0.15) is 46.5 Å². The van der Waals surface area contributed by atoms with Gasteiger partial charge in [0.05, 0.1) is 12.0 Å². The molecule has 0 spiro atoms. The van der Waals surface area contributed by atoms with Gasteiger partial charge < -0.3 is 10.5 Å². The van der Waals surface area contributed by atoms with E-state index in [9.17, 15) is 4.79 Å². The highest BCUT2D eigenvalue weighted by Gasteiger charge is 2.27. The van der Waals surface area contributed by atoms with Gasteiger partial charge in [-0.25, -0.2) is 0 Å². The number of ether oxygens (including phenoxy) is 1. The summed E-state index contributed by atoms with van der Waals surface area (Å²) in [6, 6.07) is 0. The fourth-order valence-corrected chi connectivity index (χ4v) is 0.972. The van der Waals surface area contributed by atoms with Crippen molar-refractivity contribution in [1.29, 1.82) is 0 Å². The van der Waals surface area contributed by atoms with Gasteiger partial charge >= 0.3 is 5.97 Å². The quantitative estimate of drug-likeness (QED) is 0.507. The van der Waals surface area contributed by atoms with Gasteiger partial charge in [-0.1, -0.05) is 26.2 Å². The molecule has 0 radical (unpaired) electrons. The van der Waals surface area contributed by atoms with E-state index in [4.69, 9.17) is 10.5 Å². The summed E-state index contributed by atoms with van der Waals surface area (Å²) < 4.78 is 5.13. The van der Waals surface area contributed by atoms with Crippen molar-refractivity contribution in [1.82, 2.24) is 0 Å². The van der Waals surface area contributed by atoms with E-state index in [-0.39, 0.29) is 5.97 Å².